The van der Waals surface area contributed by atoms with Crippen LogP contribution in [0.15, 0.2) is 12.3 Å². The number of pyridine rings is 1. The van der Waals surface area contributed by atoms with Gasteiger partial charge in [0.05, 0.1) is 6.54 Å². The van der Waals surface area contributed by atoms with Crippen molar-refractivity contribution in [1.82, 2.24) is 10.3 Å². The molecule has 106 valence electrons. The maximum absolute atomic E-state index is 5.56. The third-order valence-electron chi connectivity index (χ3n) is 4.06. The van der Waals surface area contributed by atoms with Crippen LogP contribution in [-0.2, 0) is 6.54 Å². The first-order valence-corrected chi connectivity index (χ1v) is 7.63. The van der Waals surface area contributed by atoms with Gasteiger partial charge in [0, 0.05) is 42.3 Å². The molecule has 0 radical (unpaired) electrons. The van der Waals surface area contributed by atoms with Gasteiger partial charge >= 0.3 is 0 Å². The summed E-state index contributed by atoms with van der Waals surface area (Å²) >= 11 is 0. The van der Waals surface area contributed by atoms with Crippen LogP contribution >= 0.6 is 0 Å². The molecule has 0 bridgehead atoms. The maximum atomic E-state index is 5.56. The standard InChI is InChI=1S/C17H23N3/c1-3-8-20(12-14-4-5-14)17-9-13(2)18-10-15(17)11-19-16-6-7-16/h1,9-10,14,16,19H,4-8,11-12H2,2H3. The van der Waals surface area contributed by atoms with Crippen molar-refractivity contribution >= 4 is 5.69 Å². The molecule has 2 fully saturated rings. The molecule has 0 atom stereocenters. The molecule has 1 heterocycles. The van der Waals surface area contributed by atoms with Crippen LogP contribution in [-0.4, -0.2) is 24.1 Å². The highest BCUT2D eigenvalue weighted by Gasteiger charge is 2.26. The molecule has 3 rings (SSSR count). The first kappa shape index (κ1) is 13.5. The average Bonchev–Trinajstić information content (AvgIpc) is 3.31. The Labute approximate surface area is 121 Å². The summed E-state index contributed by atoms with van der Waals surface area (Å²) < 4.78 is 0. The normalized spacial score (nSPS) is 17.8. The molecule has 0 aliphatic heterocycles. The van der Waals surface area contributed by atoms with Crippen molar-refractivity contribution in [2.75, 3.05) is 18.0 Å². The van der Waals surface area contributed by atoms with Gasteiger partial charge in [0.15, 0.2) is 0 Å². The molecule has 1 aromatic rings. The Bertz CT molecular complexity index is 509. The number of nitrogens with one attached hydrogen (secondary N) is 1. The summed E-state index contributed by atoms with van der Waals surface area (Å²) in [6.07, 6.45) is 12.9. The Hall–Kier alpha value is -1.53. The summed E-state index contributed by atoms with van der Waals surface area (Å²) in [7, 11) is 0. The molecule has 20 heavy (non-hydrogen) atoms. The number of nitrogens with zero attached hydrogens (tertiary/aromatic N) is 2. The maximum Gasteiger partial charge on any atom is 0.0791 e. The van der Waals surface area contributed by atoms with Crippen LogP contribution in [0.4, 0.5) is 5.69 Å². The number of aryl methyl sites for hydroxylation is 1. The summed E-state index contributed by atoms with van der Waals surface area (Å²) in [5.74, 6) is 3.64. The topological polar surface area (TPSA) is 28.2 Å². The van der Waals surface area contributed by atoms with Crippen LogP contribution in [0.2, 0.25) is 0 Å². The molecule has 2 saturated carbocycles. The molecule has 0 unspecified atom stereocenters. The minimum atomic E-state index is 0.691. The second-order valence-electron chi connectivity index (χ2n) is 6.14. The average molecular weight is 269 g/mol. The summed E-state index contributed by atoms with van der Waals surface area (Å²) in [6, 6.07) is 2.90. The smallest absolute Gasteiger partial charge is 0.0791 e. The van der Waals surface area contributed by atoms with Gasteiger partial charge in [-0.2, -0.15) is 0 Å². The minimum absolute atomic E-state index is 0.691. The van der Waals surface area contributed by atoms with E-state index in [1.54, 1.807) is 0 Å². The predicted octanol–water partition coefficient (Wildman–Crippen LogP) is 2.49. The Morgan fingerprint density at radius 1 is 1.40 bits per heavy atom. The number of anilines is 1. The minimum Gasteiger partial charge on any atom is -0.360 e. The van der Waals surface area contributed by atoms with Crippen molar-refractivity contribution < 1.29 is 0 Å². The van der Waals surface area contributed by atoms with Crippen LogP contribution in [0.25, 0.3) is 0 Å². The molecule has 0 saturated heterocycles. The van der Waals surface area contributed by atoms with Crippen LogP contribution in [0.3, 0.4) is 0 Å². The number of rotatable bonds is 7. The van der Waals surface area contributed by atoms with E-state index in [1.165, 1.54) is 36.9 Å². The lowest BCUT2D eigenvalue weighted by atomic mass is 10.1. The van der Waals surface area contributed by atoms with Gasteiger partial charge in [0.2, 0.25) is 0 Å². The van der Waals surface area contributed by atoms with Gasteiger partial charge in [0.25, 0.3) is 0 Å². The number of aromatic nitrogens is 1. The van der Waals surface area contributed by atoms with Crippen molar-refractivity contribution in [3.8, 4) is 12.3 Å². The van der Waals surface area contributed by atoms with Gasteiger partial charge in [-0.15, -0.1) is 6.42 Å². The van der Waals surface area contributed by atoms with Crippen molar-refractivity contribution in [3.05, 3.63) is 23.5 Å². The van der Waals surface area contributed by atoms with Gasteiger partial charge in [-0.1, -0.05) is 5.92 Å². The van der Waals surface area contributed by atoms with Crippen LogP contribution in [0.1, 0.15) is 36.9 Å². The third kappa shape index (κ3) is 3.52. The molecule has 3 nitrogen and oxygen atoms in total. The number of hydrogen-bond acceptors (Lipinski definition) is 3. The molecule has 0 spiro atoms. The number of hydrogen-bond donors (Lipinski definition) is 1. The zero-order chi connectivity index (χ0) is 13.9. The Balaban J connectivity index is 1.78. The van der Waals surface area contributed by atoms with E-state index >= 15 is 0 Å². The van der Waals surface area contributed by atoms with Crippen LogP contribution < -0.4 is 10.2 Å². The van der Waals surface area contributed by atoms with Gasteiger partial charge in [-0.25, -0.2) is 0 Å². The van der Waals surface area contributed by atoms with Crippen molar-refractivity contribution in [2.45, 2.75) is 45.2 Å². The van der Waals surface area contributed by atoms with E-state index in [0.29, 0.717) is 12.6 Å². The fraction of sp³-hybridized carbons (Fsp3) is 0.588. The van der Waals surface area contributed by atoms with Gasteiger partial charge in [-0.3, -0.25) is 4.98 Å². The zero-order valence-electron chi connectivity index (χ0n) is 12.2. The predicted molar refractivity (Wildman–Crippen MR) is 82.6 cm³/mol. The van der Waals surface area contributed by atoms with E-state index in [4.69, 9.17) is 6.42 Å². The van der Waals surface area contributed by atoms with Crippen molar-refractivity contribution in [3.63, 3.8) is 0 Å². The summed E-state index contributed by atoms with van der Waals surface area (Å²) in [4.78, 5) is 6.81. The van der Waals surface area contributed by atoms with Crippen LogP contribution in [0.5, 0.6) is 0 Å². The molecule has 2 aliphatic carbocycles. The first-order valence-electron chi connectivity index (χ1n) is 7.63. The van der Waals surface area contributed by atoms with E-state index in [9.17, 15) is 0 Å². The van der Waals surface area contributed by atoms with E-state index < -0.39 is 0 Å². The largest absolute Gasteiger partial charge is 0.360 e. The highest BCUT2D eigenvalue weighted by atomic mass is 15.1. The van der Waals surface area contributed by atoms with Crippen molar-refractivity contribution in [2.24, 2.45) is 5.92 Å². The fourth-order valence-electron chi connectivity index (χ4n) is 2.52. The summed E-state index contributed by atoms with van der Waals surface area (Å²) in [5.41, 5.74) is 3.61. The highest BCUT2D eigenvalue weighted by Crippen LogP contribution is 2.32. The lowest BCUT2D eigenvalue weighted by Crippen LogP contribution is -2.28. The highest BCUT2D eigenvalue weighted by molar-refractivity contribution is 5.54. The van der Waals surface area contributed by atoms with Crippen molar-refractivity contribution in [1.29, 1.82) is 0 Å². The lowest BCUT2D eigenvalue weighted by Gasteiger charge is -2.25. The van der Waals surface area contributed by atoms with E-state index in [0.717, 1.165) is 24.7 Å². The Morgan fingerprint density at radius 3 is 2.85 bits per heavy atom. The third-order valence-corrected chi connectivity index (χ3v) is 4.06. The second kappa shape index (κ2) is 5.85. The van der Waals surface area contributed by atoms with Gasteiger partial charge in [-0.05, 0) is 44.6 Å². The molecule has 1 N–H and O–H groups in total. The number of terminal acetylenes is 1. The Kier molecular flexibility index (Phi) is 3.93. The second-order valence-corrected chi connectivity index (χ2v) is 6.14. The van der Waals surface area contributed by atoms with E-state index in [2.05, 4.69) is 27.2 Å². The molecule has 1 aromatic heterocycles. The molecule has 0 amide bonds. The molecule has 0 aromatic carbocycles. The monoisotopic (exact) mass is 269 g/mol. The fourth-order valence-corrected chi connectivity index (χ4v) is 2.52. The van der Waals surface area contributed by atoms with Crippen LogP contribution in [0, 0.1) is 25.2 Å². The van der Waals surface area contributed by atoms with Gasteiger partial charge in [0.1, 0.15) is 0 Å². The van der Waals surface area contributed by atoms with E-state index in [1.807, 2.05) is 13.1 Å². The SMILES string of the molecule is C#CCN(CC1CC1)c1cc(C)ncc1CNC1CC1. The van der Waals surface area contributed by atoms with E-state index in [-0.39, 0.29) is 0 Å². The van der Waals surface area contributed by atoms with Gasteiger partial charge < -0.3 is 10.2 Å². The summed E-state index contributed by atoms with van der Waals surface area (Å²) in [6.45, 7) is 4.73. The molecular weight excluding hydrogens is 246 g/mol. The molecule has 2 aliphatic rings. The lowest BCUT2D eigenvalue weighted by molar-refractivity contribution is 0.678. The quantitative estimate of drug-likeness (QED) is 0.771. The summed E-state index contributed by atoms with van der Waals surface area (Å²) in [5, 5.41) is 3.58. The Morgan fingerprint density at radius 2 is 2.20 bits per heavy atom. The molecule has 3 heteroatoms. The molecular formula is C17H23N3. The zero-order valence-corrected chi connectivity index (χ0v) is 12.2. The first-order chi connectivity index (χ1) is 9.76.